The number of nitrogens with zero attached hydrogens (tertiary/aromatic N) is 1. The zero-order chi connectivity index (χ0) is 17.6. The summed E-state index contributed by atoms with van der Waals surface area (Å²) in [6.07, 6.45) is 2.49. The van der Waals surface area contributed by atoms with E-state index in [2.05, 4.69) is 36.4 Å². The first kappa shape index (κ1) is 18.7. The van der Waals surface area contributed by atoms with Gasteiger partial charge in [-0.05, 0) is 24.3 Å². The van der Waals surface area contributed by atoms with Crippen LogP contribution < -0.4 is 10.6 Å². The predicted octanol–water partition coefficient (Wildman–Crippen LogP) is 3.33. The number of hydrogen-bond donors (Lipinski definition) is 2. The Morgan fingerprint density at radius 3 is 2.71 bits per heavy atom. The minimum absolute atomic E-state index is 0.122. The molecule has 0 bridgehead atoms. The van der Waals surface area contributed by atoms with Crippen LogP contribution in [0.2, 0.25) is 0 Å². The summed E-state index contributed by atoms with van der Waals surface area (Å²) in [5.74, 6) is 0.941. The molecule has 0 amide bonds. The first-order valence-electron chi connectivity index (χ1n) is 8.71. The molecule has 1 heterocycles. The summed E-state index contributed by atoms with van der Waals surface area (Å²) in [6.45, 7) is 8.73. The summed E-state index contributed by atoms with van der Waals surface area (Å²) in [7, 11) is 1.73. The second kappa shape index (κ2) is 8.47. The fourth-order valence-corrected chi connectivity index (χ4v) is 3.28. The van der Waals surface area contributed by atoms with E-state index in [0.717, 1.165) is 26.0 Å². The molecule has 1 aromatic carbocycles. The predicted molar refractivity (Wildman–Crippen MR) is 96.5 cm³/mol. The highest BCUT2D eigenvalue weighted by atomic mass is 19.1. The molecule has 2 rings (SSSR count). The third-order valence-corrected chi connectivity index (χ3v) is 4.46. The highest BCUT2D eigenvalue weighted by molar-refractivity contribution is 5.79. The fraction of sp³-hybridized carbons (Fsp3) is 0.632. The van der Waals surface area contributed by atoms with Crippen molar-refractivity contribution in [2.75, 3.05) is 20.2 Å². The molecule has 134 valence electrons. The van der Waals surface area contributed by atoms with Gasteiger partial charge in [0.25, 0.3) is 0 Å². The van der Waals surface area contributed by atoms with Crippen LogP contribution in [-0.2, 0) is 11.3 Å². The third kappa shape index (κ3) is 5.20. The molecule has 0 aromatic heterocycles. The molecule has 2 N–H and O–H groups in total. The maximum Gasteiger partial charge on any atom is 0.191 e. The SMILES string of the molecule is CN=C(NCc1ccccc1F)NCC1CCCOC1C(C)(C)C. The molecular formula is C19H30FN3O. The van der Waals surface area contributed by atoms with E-state index in [1.807, 2.05) is 6.07 Å². The molecule has 2 unspecified atom stereocenters. The van der Waals surface area contributed by atoms with Gasteiger partial charge < -0.3 is 15.4 Å². The van der Waals surface area contributed by atoms with Crippen LogP contribution in [0.4, 0.5) is 4.39 Å². The van der Waals surface area contributed by atoms with E-state index in [1.54, 1.807) is 19.2 Å². The Bertz CT molecular complexity index is 554. The number of hydrogen-bond acceptors (Lipinski definition) is 2. The van der Waals surface area contributed by atoms with Gasteiger partial charge in [-0.15, -0.1) is 0 Å². The third-order valence-electron chi connectivity index (χ3n) is 4.46. The van der Waals surface area contributed by atoms with Gasteiger partial charge in [-0.1, -0.05) is 39.0 Å². The van der Waals surface area contributed by atoms with Crippen molar-refractivity contribution in [3.8, 4) is 0 Å². The van der Waals surface area contributed by atoms with Gasteiger partial charge in [0.05, 0.1) is 6.10 Å². The Morgan fingerprint density at radius 2 is 2.04 bits per heavy atom. The number of ether oxygens (including phenoxy) is 1. The Kier molecular flexibility index (Phi) is 6.60. The molecule has 24 heavy (non-hydrogen) atoms. The largest absolute Gasteiger partial charge is 0.377 e. The van der Waals surface area contributed by atoms with Gasteiger partial charge in [-0.3, -0.25) is 4.99 Å². The van der Waals surface area contributed by atoms with E-state index in [-0.39, 0.29) is 17.3 Å². The van der Waals surface area contributed by atoms with Crippen molar-refractivity contribution in [1.82, 2.24) is 10.6 Å². The molecule has 1 saturated heterocycles. The van der Waals surface area contributed by atoms with Gasteiger partial charge in [0.15, 0.2) is 5.96 Å². The highest BCUT2D eigenvalue weighted by Gasteiger charge is 2.35. The number of rotatable bonds is 4. The van der Waals surface area contributed by atoms with Gasteiger partial charge in [0.1, 0.15) is 5.82 Å². The minimum Gasteiger partial charge on any atom is -0.377 e. The van der Waals surface area contributed by atoms with Crippen LogP contribution in [0, 0.1) is 17.2 Å². The van der Waals surface area contributed by atoms with Crippen molar-refractivity contribution in [3.05, 3.63) is 35.6 Å². The lowest BCUT2D eigenvalue weighted by Crippen LogP contribution is -2.47. The second-order valence-electron chi connectivity index (χ2n) is 7.46. The van der Waals surface area contributed by atoms with Crippen LogP contribution >= 0.6 is 0 Å². The van der Waals surface area contributed by atoms with E-state index >= 15 is 0 Å². The molecule has 1 aliphatic rings. The monoisotopic (exact) mass is 335 g/mol. The van der Waals surface area contributed by atoms with Gasteiger partial charge >= 0.3 is 0 Å². The van der Waals surface area contributed by atoms with Crippen molar-refractivity contribution in [3.63, 3.8) is 0 Å². The zero-order valence-corrected chi connectivity index (χ0v) is 15.2. The van der Waals surface area contributed by atoms with Crippen LogP contribution in [0.5, 0.6) is 0 Å². The summed E-state index contributed by atoms with van der Waals surface area (Å²) in [5.41, 5.74) is 0.755. The maximum absolute atomic E-state index is 13.7. The van der Waals surface area contributed by atoms with Gasteiger partial charge in [-0.2, -0.15) is 0 Å². The normalized spacial score (nSPS) is 22.3. The summed E-state index contributed by atoms with van der Waals surface area (Å²) >= 11 is 0. The van der Waals surface area contributed by atoms with Crippen molar-refractivity contribution >= 4 is 5.96 Å². The topological polar surface area (TPSA) is 45.7 Å². The first-order valence-corrected chi connectivity index (χ1v) is 8.71. The number of aliphatic imine (C=N–C) groups is 1. The molecule has 0 saturated carbocycles. The van der Waals surface area contributed by atoms with E-state index in [4.69, 9.17) is 4.74 Å². The van der Waals surface area contributed by atoms with E-state index < -0.39 is 0 Å². The van der Waals surface area contributed by atoms with Crippen LogP contribution in [0.1, 0.15) is 39.2 Å². The summed E-state index contributed by atoms with van der Waals surface area (Å²) in [6, 6.07) is 6.78. The number of halogens is 1. The fourth-order valence-electron chi connectivity index (χ4n) is 3.28. The summed E-state index contributed by atoms with van der Waals surface area (Å²) < 4.78 is 19.7. The smallest absolute Gasteiger partial charge is 0.191 e. The standard InChI is InChI=1S/C19H30FN3O/c1-19(2,3)17-15(9-7-11-24-17)13-23-18(21-4)22-12-14-8-5-6-10-16(14)20/h5-6,8,10,15,17H,7,9,11-13H2,1-4H3,(H2,21,22,23). The average molecular weight is 335 g/mol. The molecule has 1 aliphatic heterocycles. The molecule has 1 fully saturated rings. The second-order valence-corrected chi connectivity index (χ2v) is 7.46. The Balaban J connectivity index is 1.87. The van der Waals surface area contributed by atoms with Crippen molar-refractivity contribution in [1.29, 1.82) is 0 Å². The van der Waals surface area contributed by atoms with Crippen LogP contribution in [0.15, 0.2) is 29.3 Å². The van der Waals surface area contributed by atoms with Gasteiger partial charge in [0, 0.05) is 38.2 Å². The summed E-state index contributed by atoms with van der Waals surface area (Å²) in [5, 5.41) is 6.55. The lowest BCUT2D eigenvalue weighted by molar-refractivity contribution is -0.0835. The molecular weight excluding hydrogens is 305 g/mol. The van der Waals surface area contributed by atoms with Crippen molar-refractivity contribution in [2.24, 2.45) is 16.3 Å². The maximum atomic E-state index is 13.7. The van der Waals surface area contributed by atoms with Crippen molar-refractivity contribution in [2.45, 2.75) is 46.3 Å². The van der Waals surface area contributed by atoms with E-state index in [9.17, 15) is 4.39 Å². The molecule has 1 aromatic rings. The quantitative estimate of drug-likeness (QED) is 0.655. The van der Waals surface area contributed by atoms with Crippen LogP contribution in [0.25, 0.3) is 0 Å². The molecule has 0 radical (unpaired) electrons. The van der Waals surface area contributed by atoms with E-state index in [1.165, 1.54) is 6.07 Å². The van der Waals surface area contributed by atoms with Crippen LogP contribution in [-0.4, -0.2) is 32.3 Å². The zero-order valence-electron chi connectivity index (χ0n) is 15.2. The van der Waals surface area contributed by atoms with Gasteiger partial charge in [0.2, 0.25) is 0 Å². The molecule has 0 aliphatic carbocycles. The molecule has 2 atom stereocenters. The lowest BCUT2D eigenvalue weighted by atomic mass is 9.78. The average Bonchev–Trinajstić information content (AvgIpc) is 2.56. The Morgan fingerprint density at radius 1 is 1.29 bits per heavy atom. The Hall–Kier alpha value is -1.62. The van der Waals surface area contributed by atoms with Crippen molar-refractivity contribution < 1.29 is 9.13 Å². The number of guanidine groups is 1. The number of nitrogens with one attached hydrogen (secondary N) is 2. The van der Waals surface area contributed by atoms with Crippen LogP contribution in [0.3, 0.4) is 0 Å². The van der Waals surface area contributed by atoms with Gasteiger partial charge in [-0.25, -0.2) is 4.39 Å². The molecule has 5 heteroatoms. The summed E-state index contributed by atoms with van der Waals surface area (Å²) in [4.78, 5) is 4.24. The number of benzene rings is 1. The minimum atomic E-state index is -0.200. The highest BCUT2D eigenvalue weighted by Crippen LogP contribution is 2.33. The lowest BCUT2D eigenvalue weighted by Gasteiger charge is -2.40. The van der Waals surface area contributed by atoms with E-state index in [0.29, 0.717) is 24.0 Å². The Labute approximate surface area is 144 Å². The first-order chi connectivity index (χ1) is 11.4. The molecule has 4 nitrogen and oxygen atoms in total. The molecule has 0 spiro atoms.